The molecule has 0 aliphatic heterocycles. The predicted octanol–water partition coefficient (Wildman–Crippen LogP) is 5.81. The van der Waals surface area contributed by atoms with Crippen LogP contribution in [-0.2, 0) is 11.2 Å². The first-order valence-electron chi connectivity index (χ1n) is 11.1. The van der Waals surface area contributed by atoms with Crippen molar-refractivity contribution in [3.63, 3.8) is 0 Å². The van der Waals surface area contributed by atoms with E-state index in [0.717, 1.165) is 35.0 Å². The Bertz CT molecular complexity index is 1360. The van der Waals surface area contributed by atoms with Gasteiger partial charge in [-0.1, -0.05) is 11.6 Å². The number of thiazole rings is 1. The van der Waals surface area contributed by atoms with Crippen LogP contribution in [0.3, 0.4) is 0 Å². The molecule has 0 bridgehead atoms. The summed E-state index contributed by atoms with van der Waals surface area (Å²) in [5, 5.41) is 3.87. The van der Waals surface area contributed by atoms with Crippen LogP contribution in [0.5, 0.6) is 5.75 Å². The average molecular weight is 494 g/mol. The fraction of sp³-hybridized carbons (Fsp3) is 0.269. The van der Waals surface area contributed by atoms with E-state index in [1.807, 2.05) is 18.4 Å². The van der Waals surface area contributed by atoms with Crippen LogP contribution in [0.15, 0.2) is 48.0 Å². The van der Waals surface area contributed by atoms with Gasteiger partial charge in [-0.15, -0.1) is 11.3 Å². The van der Waals surface area contributed by atoms with E-state index in [4.69, 9.17) is 16.3 Å². The third-order valence-electron chi connectivity index (χ3n) is 6.21. The van der Waals surface area contributed by atoms with Crippen molar-refractivity contribution in [1.82, 2.24) is 9.97 Å². The summed E-state index contributed by atoms with van der Waals surface area (Å²) in [6.07, 6.45) is 4.15. The molecule has 1 aliphatic carbocycles. The number of amides is 1. The van der Waals surface area contributed by atoms with E-state index in [2.05, 4.69) is 9.97 Å². The first-order chi connectivity index (χ1) is 16.5. The van der Waals surface area contributed by atoms with Gasteiger partial charge in [0.1, 0.15) is 5.75 Å². The fourth-order valence-electron chi connectivity index (χ4n) is 4.27. The molecular weight excluding hydrogens is 470 g/mol. The molecule has 5 rings (SSSR count). The monoisotopic (exact) mass is 493 g/mol. The van der Waals surface area contributed by atoms with Crippen LogP contribution in [0, 0.1) is 12.8 Å². The molecule has 2 aromatic heterocycles. The van der Waals surface area contributed by atoms with Crippen molar-refractivity contribution < 1.29 is 14.3 Å². The number of halogens is 1. The molecule has 0 spiro atoms. The van der Waals surface area contributed by atoms with Crippen LogP contribution in [0.25, 0.3) is 10.9 Å². The number of nitrogens with zero attached hydrogens (tertiary/aromatic N) is 2. The molecule has 0 saturated heterocycles. The number of ether oxygens (including phenoxy) is 1. The van der Waals surface area contributed by atoms with Crippen LogP contribution in [0.4, 0.5) is 5.13 Å². The molecule has 4 aromatic rings. The normalized spacial score (nSPS) is 13.3. The third-order valence-corrected chi connectivity index (χ3v) is 7.26. The standard InChI is InChI=1S/C26H24ClN3O3S/c1-15-19(13-22(31)30(14-16-3-4-16)26-28-11-12-34-26)23-20(29-15)9-10-21(33-2)24(23)25(32)17-5-7-18(27)8-6-17/h5-12,16,29H,3-4,13-14H2,1-2H3. The van der Waals surface area contributed by atoms with Crippen LogP contribution >= 0.6 is 22.9 Å². The maximum absolute atomic E-state index is 13.6. The summed E-state index contributed by atoms with van der Waals surface area (Å²) in [6.45, 7) is 2.61. The number of benzene rings is 2. The number of aryl methyl sites for hydroxylation is 1. The number of aromatic nitrogens is 2. The van der Waals surface area contributed by atoms with Gasteiger partial charge in [-0.3, -0.25) is 14.5 Å². The molecule has 0 atom stereocenters. The summed E-state index contributed by atoms with van der Waals surface area (Å²) in [7, 11) is 1.55. The topological polar surface area (TPSA) is 75.3 Å². The molecule has 0 unspecified atom stereocenters. The molecule has 6 nitrogen and oxygen atoms in total. The molecule has 1 N–H and O–H groups in total. The first-order valence-corrected chi connectivity index (χ1v) is 12.4. The fourth-order valence-corrected chi connectivity index (χ4v) is 5.06. The largest absolute Gasteiger partial charge is 0.496 e. The minimum Gasteiger partial charge on any atom is -0.496 e. The minimum absolute atomic E-state index is 0.0291. The van der Waals surface area contributed by atoms with E-state index in [-0.39, 0.29) is 18.1 Å². The summed E-state index contributed by atoms with van der Waals surface area (Å²) in [5.41, 5.74) is 3.39. The van der Waals surface area contributed by atoms with E-state index >= 15 is 0 Å². The molecule has 1 saturated carbocycles. The van der Waals surface area contributed by atoms with Gasteiger partial charge in [0.2, 0.25) is 5.91 Å². The Morgan fingerprint density at radius 2 is 1.97 bits per heavy atom. The van der Waals surface area contributed by atoms with Gasteiger partial charge < -0.3 is 9.72 Å². The van der Waals surface area contributed by atoms with Gasteiger partial charge in [0, 0.05) is 45.3 Å². The van der Waals surface area contributed by atoms with Gasteiger partial charge in [0.05, 0.1) is 19.1 Å². The third kappa shape index (κ3) is 4.33. The number of rotatable bonds is 8. The van der Waals surface area contributed by atoms with Gasteiger partial charge in [-0.2, -0.15) is 0 Å². The number of anilines is 1. The smallest absolute Gasteiger partial charge is 0.233 e. The van der Waals surface area contributed by atoms with Crippen molar-refractivity contribution in [3.8, 4) is 5.75 Å². The molecule has 174 valence electrons. The van der Waals surface area contributed by atoms with Gasteiger partial charge in [-0.05, 0) is 67.6 Å². The number of hydrogen-bond acceptors (Lipinski definition) is 5. The molecule has 2 heterocycles. The van der Waals surface area contributed by atoms with E-state index in [1.165, 1.54) is 11.3 Å². The highest BCUT2D eigenvalue weighted by molar-refractivity contribution is 7.13. The van der Waals surface area contributed by atoms with Crippen molar-refractivity contribution in [2.24, 2.45) is 5.92 Å². The number of nitrogens with one attached hydrogen (secondary N) is 1. The summed E-state index contributed by atoms with van der Waals surface area (Å²) in [5.74, 6) is 0.786. The molecule has 1 amide bonds. The number of aromatic amines is 1. The van der Waals surface area contributed by atoms with E-state index in [0.29, 0.717) is 39.5 Å². The van der Waals surface area contributed by atoms with Crippen LogP contribution < -0.4 is 9.64 Å². The Morgan fingerprint density at radius 1 is 1.21 bits per heavy atom. The molecule has 8 heteroatoms. The lowest BCUT2D eigenvalue weighted by molar-refractivity contribution is -0.118. The maximum atomic E-state index is 13.6. The average Bonchev–Trinajstić information content (AvgIpc) is 3.39. The molecule has 2 aromatic carbocycles. The summed E-state index contributed by atoms with van der Waals surface area (Å²) >= 11 is 7.49. The zero-order valence-corrected chi connectivity index (χ0v) is 20.5. The molecule has 1 fully saturated rings. The van der Waals surface area contributed by atoms with Crippen molar-refractivity contribution in [1.29, 1.82) is 0 Å². The van der Waals surface area contributed by atoms with Gasteiger partial charge in [0.15, 0.2) is 10.9 Å². The Balaban J connectivity index is 1.58. The lowest BCUT2D eigenvalue weighted by atomic mass is 9.95. The predicted molar refractivity (Wildman–Crippen MR) is 135 cm³/mol. The summed E-state index contributed by atoms with van der Waals surface area (Å²) in [4.78, 5) is 36.7. The second-order valence-electron chi connectivity index (χ2n) is 8.57. The zero-order valence-electron chi connectivity index (χ0n) is 18.9. The maximum Gasteiger partial charge on any atom is 0.233 e. The van der Waals surface area contributed by atoms with Crippen molar-refractivity contribution in [2.45, 2.75) is 26.2 Å². The number of carbonyl (C=O) groups is 2. The quantitative estimate of drug-likeness (QED) is 0.314. The molecule has 0 radical (unpaired) electrons. The van der Waals surface area contributed by atoms with E-state index < -0.39 is 0 Å². The van der Waals surface area contributed by atoms with Gasteiger partial charge in [0.25, 0.3) is 0 Å². The molecule has 34 heavy (non-hydrogen) atoms. The SMILES string of the molecule is COc1ccc2[nH]c(C)c(CC(=O)N(CC3CC3)c3nccs3)c2c1C(=O)c1ccc(Cl)cc1. The van der Waals surface area contributed by atoms with Crippen molar-refractivity contribution in [2.75, 3.05) is 18.6 Å². The van der Waals surface area contributed by atoms with E-state index in [1.54, 1.807) is 48.5 Å². The number of hydrogen-bond donors (Lipinski definition) is 1. The number of fused-ring (bicyclic) bond motifs is 1. The number of H-pyrrole nitrogens is 1. The van der Waals surface area contributed by atoms with Crippen LogP contribution in [0.2, 0.25) is 5.02 Å². The number of carbonyl (C=O) groups excluding carboxylic acids is 2. The Kier molecular flexibility index (Phi) is 6.15. The number of methoxy groups -OCH3 is 1. The Labute approximate surface area is 206 Å². The Hall–Kier alpha value is -3.16. The van der Waals surface area contributed by atoms with Crippen LogP contribution in [0.1, 0.15) is 40.0 Å². The highest BCUT2D eigenvalue weighted by atomic mass is 35.5. The lowest BCUT2D eigenvalue weighted by Gasteiger charge is -2.20. The van der Waals surface area contributed by atoms with Gasteiger partial charge in [-0.25, -0.2) is 4.98 Å². The second kappa shape index (κ2) is 9.24. The minimum atomic E-state index is -0.179. The van der Waals surface area contributed by atoms with E-state index in [9.17, 15) is 9.59 Å². The first kappa shape index (κ1) is 22.6. The van der Waals surface area contributed by atoms with Gasteiger partial charge >= 0.3 is 0 Å². The lowest BCUT2D eigenvalue weighted by Crippen LogP contribution is -2.34. The zero-order chi connectivity index (χ0) is 23.8. The second-order valence-corrected chi connectivity index (χ2v) is 9.88. The molecular formula is C26H24ClN3O3S. The summed E-state index contributed by atoms with van der Waals surface area (Å²) in [6, 6.07) is 10.5. The Morgan fingerprint density at radius 3 is 2.62 bits per heavy atom. The van der Waals surface area contributed by atoms with Crippen molar-refractivity contribution >= 4 is 50.7 Å². The van der Waals surface area contributed by atoms with Crippen LogP contribution in [-0.4, -0.2) is 35.3 Å². The summed E-state index contributed by atoms with van der Waals surface area (Å²) < 4.78 is 5.59. The van der Waals surface area contributed by atoms with Crippen molar-refractivity contribution in [3.05, 3.63) is 75.4 Å². The number of ketones is 1. The molecule has 1 aliphatic rings. The highest BCUT2D eigenvalue weighted by Crippen LogP contribution is 2.36. The highest BCUT2D eigenvalue weighted by Gasteiger charge is 2.30.